The molecule has 0 amide bonds. The molecule has 0 atom stereocenters. The number of aromatic nitrogens is 2. The highest BCUT2D eigenvalue weighted by atomic mass is 16.5. The first-order valence-corrected chi connectivity index (χ1v) is 4.36. The van der Waals surface area contributed by atoms with Crippen LogP contribution in [0.3, 0.4) is 0 Å². The molecule has 1 aliphatic rings. The topological polar surface area (TPSA) is 27.1 Å². The van der Waals surface area contributed by atoms with Crippen LogP contribution in [0.15, 0.2) is 24.4 Å². The van der Waals surface area contributed by atoms with Gasteiger partial charge in [-0.3, -0.25) is 4.68 Å². The van der Waals surface area contributed by atoms with Gasteiger partial charge in [-0.1, -0.05) is 6.07 Å². The maximum atomic E-state index is 5.14. The van der Waals surface area contributed by atoms with Gasteiger partial charge in [0.2, 0.25) is 0 Å². The number of rotatable bonds is 1. The zero-order valence-electron chi connectivity index (χ0n) is 7.10. The molecule has 1 fully saturated rings. The molecule has 65 valence electrons. The molecule has 1 aromatic heterocycles. The molecule has 2 heterocycles. The fourth-order valence-electron chi connectivity index (χ4n) is 1.59. The summed E-state index contributed by atoms with van der Waals surface area (Å²) in [6.07, 6.45) is 1.88. The quantitative estimate of drug-likeness (QED) is 0.652. The third-order valence-corrected chi connectivity index (χ3v) is 2.41. The Morgan fingerprint density at radius 3 is 3.23 bits per heavy atom. The maximum Gasteiger partial charge on any atom is 0.0992 e. The van der Waals surface area contributed by atoms with Crippen LogP contribution in [-0.4, -0.2) is 23.0 Å². The van der Waals surface area contributed by atoms with Gasteiger partial charge in [-0.2, -0.15) is 5.10 Å². The van der Waals surface area contributed by atoms with Crippen molar-refractivity contribution in [2.24, 2.45) is 0 Å². The molecule has 0 unspecified atom stereocenters. The van der Waals surface area contributed by atoms with E-state index < -0.39 is 0 Å². The van der Waals surface area contributed by atoms with Crippen LogP contribution in [0, 0.1) is 6.07 Å². The second-order valence-corrected chi connectivity index (χ2v) is 3.27. The lowest BCUT2D eigenvalue weighted by molar-refractivity contribution is -0.0266. The Morgan fingerprint density at radius 2 is 2.46 bits per heavy atom. The fraction of sp³-hybridized carbons (Fsp3) is 0.300. The largest absolute Gasteiger partial charge is 0.377 e. The Labute approximate surface area is 75.9 Å². The molecule has 1 aromatic carbocycles. The summed E-state index contributed by atoms with van der Waals surface area (Å²) in [6.45, 7) is 1.57. The van der Waals surface area contributed by atoms with E-state index in [1.54, 1.807) is 0 Å². The summed E-state index contributed by atoms with van der Waals surface area (Å²) in [5, 5.41) is 5.48. The van der Waals surface area contributed by atoms with E-state index in [0.29, 0.717) is 6.04 Å². The summed E-state index contributed by atoms with van der Waals surface area (Å²) < 4.78 is 7.17. The van der Waals surface area contributed by atoms with E-state index in [4.69, 9.17) is 4.74 Å². The predicted octanol–water partition coefficient (Wildman–Crippen LogP) is 1.41. The molecule has 1 aliphatic heterocycles. The van der Waals surface area contributed by atoms with Crippen molar-refractivity contribution >= 4 is 10.9 Å². The van der Waals surface area contributed by atoms with Crippen molar-refractivity contribution in [1.82, 2.24) is 9.78 Å². The number of benzene rings is 1. The zero-order valence-corrected chi connectivity index (χ0v) is 7.10. The van der Waals surface area contributed by atoms with Crippen molar-refractivity contribution in [1.29, 1.82) is 0 Å². The second-order valence-electron chi connectivity index (χ2n) is 3.27. The highest BCUT2D eigenvalue weighted by Gasteiger charge is 2.22. The molecule has 1 radical (unpaired) electrons. The molecule has 1 saturated heterocycles. The smallest absolute Gasteiger partial charge is 0.0992 e. The lowest BCUT2D eigenvalue weighted by atomic mass is 10.2. The molecule has 0 spiro atoms. The summed E-state index contributed by atoms with van der Waals surface area (Å²) in [5.74, 6) is 0. The Hall–Kier alpha value is -1.35. The van der Waals surface area contributed by atoms with Crippen LogP contribution in [-0.2, 0) is 4.74 Å². The summed E-state index contributed by atoms with van der Waals surface area (Å²) in [6, 6.07) is 9.39. The number of hydrogen-bond donors (Lipinski definition) is 0. The second kappa shape index (κ2) is 2.57. The van der Waals surface area contributed by atoms with Gasteiger partial charge < -0.3 is 4.74 Å². The molecule has 3 rings (SSSR count). The van der Waals surface area contributed by atoms with E-state index in [1.807, 2.05) is 29.1 Å². The predicted molar refractivity (Wildman–Crippen MR) is 48.4 cm³/mol. The van der Waals surface area contributed by atoms with Gasteiger partial charge in [0, 0.05) is 5.39 Å². The minimum Gasteiger partial charge on any atom is -0.377 e. The molecule has 0 saturated carbocycles. The van der Waals surface area contributed by atoms with Gasteiger partial charge in [-0.15, -0.1) is 0 Å². The van der Waals surface area contributed by atoms with Gasteiger partial charge in [0.15, 0.2) is 0 Å². The monoisotopic (exact) mass is 173 g/mol. The Kier molecular flexibility index (Phi) is 1.40. The van der Waals surface area contributed by atoms with Crippen molar-refractivity contribution in [3.05, 3.63) is 30.5 Å². The van der Waals surface area contributed by atoms with E-state index in [-0.39, 0.29) is 0 Å². The number of nitrogens with zero attached hydrogens (tertiary/aromatic N) is 2. The SMILES string of the molecule is [c]1ccc2c(c1)cnn2C1COC1. The van der Waals surface area contributed by atoms with Crippen LogP contribution < -0.4 is 0 Å². The number of hydrogen-bond acceptors (Lipinski definition) is 2. The maximum absolute atomic E-state index is 5.14. The molecule has 3 nitrogen and oxygen atoms in total. The molecular weight excluding hydrogens is 164 g/mol. The van der Waals surface area contributed by atoms with Crippen molar-refractivity contribution in [3.63, 3.8) is 0 Å². The molecular formula is C10H9N2O. The first-order chi connectivity index (χ1) is 6.45. The Morgan fingerprint density at radius 1 is 1.54 bits per heavy atom. The van der Waals surface area contributed by atoms with E-state index >= 15 is 0 Å². The average molecular weight is 173 g/mol. The lowest BCUT2D eigenvalue weighted by Crippen LogP contribution is -2.31. The highest BCUT2D eigenvalue weighted by Crippen LogP contribution is 2.22. The van der Waals surface area contributed by atoms with E-state index in [2.05, 4.69) is 11.2 Å². The summed E-state index contributed by atoms with van der Waals surface area (Å²) in [4.78, 5) is 0. The van der Waals surface area contributed by atoms with Gasteiger partial charge in [0.1, 0.15) is 0 Å². The van der Waals surface area contributed by atoms with Crippen LogP contribution in [0.2, 0.25) is 0 Å². The third-order valence-electron chi connectivity index (χ3n) is 2.41. The summed E-state index contributed by atoms with van der Waals surface area (Å²) >= 11 is 0. The molecule has 0 N–H and O–H groups in total. The van der Waals surface area contributed by atoms with Crippen molar-refractivity contribution in [2.75, 3.05) is 13.2 Å². The minimum absolute atomic E-state index is 0.430. The van der Waals surface area contributed by atoms with Crippen LogP contribution >= 0.6 is 0 Å². The standard InChI is InChI=1S/C10H9N2O/c1-2-4-10-8(3-1)5-11-12(10)9-6-13-7-9/h2-5,9H,6-7H2. The van der Waals surface area contributed by atoms with E-state index in [0.717, 1.165) is 18.6 Å². The Bertz CT molecular complexity index is 431. The van der Waals surface area contributed by atoms with Crippen molar-refractivity contribution < 1.29 is 4.74 Å². The van der Waals surface area contributed by atoms with E-state index in [9.17, 15) is 0 Å². The fourth-order valence-corrected chi connectivity index (χ4v) is 1.59. The molecule has 0 aliphatic carbocycles. The average Bonchev–Trinajstić information content (AvgIpc) is 2.47. The van der Waals surface area contributed by atoms with Crippen molar-refractivity contribution in [2.45, 2.75) is 6.04 Å². The van der Waals surface area contributed by atoms with Crippen LogP contribution in [0.1, 0.15) is 6.04 Å². The highest BCUT2D eigenvalue weighted by molar-refractivity contribution is 5.78. The van der Waals surface area contributed by atoms with Gasteiger partial charge >= 0.3 is 0 Å². The third kappa shape index (κ3) is 0.971. The molecule has 3 heteroatoms. The first-order valence-electron chi connectivity index (χ1n) is 4.36. The van der Waals surface area contributed by atoms with Gasteiger partial charge in [0.25, 0.3) is 0 Å². The minimum atomic E-state index is 0.430. The molecule has 2 aromatic rings. The van der Waals surface area contributed by atoms with Gasteiger partial charge in [-0.25, -0.2) is 0 Å². The van der Waals surface area contributed by atoms with Gasteiger partial charge in [-0.05, 0) is 18.2 Å². The van der Waals surface area contributed by atoms with Crippen LogP contribution in [0.4, 0.5) is 0 Å². The van der Waals surface area contributed by atoms with Crippen LogP contribution in [0.25, 0.3) is 10.9 Å². The van der Waals surface area contributed by atoms with Gasteiger partial charge in [0.05, 0.1) is 31.0 Å². The normalized spacial score (nSPS) is 17.5. The first kappa shape index (κ1) is 7.09. The summed E-state index contributed by atoms with van der Waals surface area (Å²) in [7, 11) is 0. The molecule has 0 bridgehead atoms. The number of fused-ring (bicyclic) bond motifs is 1. The number of ether oxygens (including phenoxy) is 1. The van der Waals surface area contributed by atoms with Crippen molar-refractivity contribution in [3.8, 4) is 0 Å². The lowest BCUT2D eigenvalue weighted by Gasteiger charge is -2.26. The zero-order chi connectivity index (χ0) is 8.67. The van der Waals surface area contributed by atoms with E-state index in [1.165, 1.54) is 5.52 Å². The van der Waals surface area contributed by atoms with Crippen LogP contribution in [0.5, 0.6) is 0 Å². The Balaban J connectivity index is 2.17. The summed E-state index contributed by atoms with van der Waals surface area (Å²) in [5.41, 5.74) is 1.17. The molecule has 13 heavy (non-hydrogen) atoms.